The van der Waals surface area contributed by atoms with Crippen LogP contribution in [0.25, 0.3) is 0 Å². The zero-order valence-electron chi connectivity index (χ0n) is 12.2. The van der Waals surface area contributed by atoms with Crippen molar-refractivity contribution in [2.75, 3.05) is 11.6 Å². The first-order valence-corrected chi connectivity index (χ1v) is 8.36. The Kier molecular flexibility index (Phi) is 4.14. The molecule has 0 aliphatic rings. The molecular formula is C16H17NO3S. The Labute approximate surface area is 124 Å². The predicted molar refractivity (Wildman–Crippen MR) is 83.4 cm³/mol. The van der Waals surface area contributed by atoms with Gasteiger partial charge in [0.2, 0.25) is 0 Å². The number of anilines is 1. The fourth-order valence-corrected chi connectivity index (χ4v) is 2.56. The fraction of sp³-hybridized carbons (Fsp3) is 0.188. The van der Waals surface area contributed by atoms with Crippen LogP contribution in [0, 0.1) is 13.8 Å². The Hall–Kier alpha value is -2.14. The molecule has 2 aromatic carbocycles. The molecule has 21 heavy (non-hydrogen) atoms. The summed E-state index contributed by atoms with van der Waals surface area (Å²) in [7, 11) is -3.25. The van der Waals surface area contributed by atoms with E-state index in [0.717, 1.165) is 23.1 Å². The molecule has 0 saturated heterocycles. The van der Waals surface area contributed by atoms with E-state index >= 15 is 0 Å². The second-order valence-corrected chi connectivity index (χ2v) is 7.01. The van der Waals surface area contributed by atoms with Gasteiger partial charge >= 0.3 is 0 Å². The summed E-state index contributed by atoms with van der Waals surface area (Å²) >= 11 is 0. The van der Waals surface area contributed by atoms with Crippen LogP contribution in [0.1, 0.15) is 21.5 Å². The molecule has 1 N–H and O–H groups in total. The molecule has 0 spiro atoms. The zero-order valence-corrected chi connectivity index (χ0v) is 13.0. The fourth-order valence-electron chi connectivity index (χ4n) is 1.93. The number of nitrogens with one attached hydrogen (secondary N) is 1. The van der Waals surface area contributed by atoms with Crippen molar-refractivity contribution in [1.82, 2.24) is 0 Å². The van der Waals surface area contributed by atoms with Gasteiger partial charge in [-0.1, -0.05) is 12.1 Å². The molecule has 2 aromatic rings. The first-order chi connectivity index (χ1) is 9.79. The van der Waals surface area contributed by atoms with E-state index in [1.165, 1.54) is 24.3 Å². The highest BCUT2D eigenvalue weighted by Gasteiger charge is 2.11. The van der Waals surface area contributed by atoms with E-state index in [0.29, 0.717) is 5.56 Å². The van der Waals surface area contributed by atoms with Crippen LogP contribution in [0.15, 0.2) is 47.4 Å². The number of amides is 1. The number of hydrogen-bond donors (Lipinski definition) is 1. The van der Waals surface area contributed by atoms with Gasteiger partial charge in [-0.05, 0) is 55.3 Å². The van der Waals surface area contributed by atoms with E-state index in [-0.39, 0.29) is 10.8 Å². The Morgan fingerprint density at radius 1 is 1.00 bits per heavy atom. The number of sulfone groups is 1. The molecule has 0 atom stereocenters. The van der Waals surface area contributed by atoms with Gasteiger partial charge in [-0.3, -0.25) is 4.79 Å². The largest absolute Gasteiger partial charge is 0.322 e. The van der Waals surface area contributed by atoms with Crippen molar-refractivity contribution in [1.29, 1.82) is 0 Å². The molecule has 0 radical (unpaired) electrons. The number of aryl methyl sites for hydroxylation is 1. The van der Waals surface area contributed by atoms with Crippen molar-refractivity contribution in [3.63, 3.8) is 0 Å². The first kappa shape index (κ1) is 15.3. The van der Waals surface area contributed by atoms with Crippen molar-refractivity contribution in [2.45, 2.75) is 18.7 Å². The highest BCUT2D eigenvalue weighted by Crippen LogP contribution is 2.19. The topological polar surface area (TPSA) is 63.2 Å². The number of carbonyl (C=O) groups excluding carboxylic acids is 1. The van der Waals surface area contributed by atoms with Crippen LogP contribution in [0.3, 0.4) is 0 Å². The van der Waals surface area contributed by atoms with Gasteiger partial charge < -0.3 is 5.32 Å². The number of carbonyl (C=O) groups is 1. The standard InChI is InChI=1S/C16H17NO3S/c1-11-5-4-6-15(12(11)2)17-16(18)13-7-9-14(10-8-13)21(3,19)20/h4-10H,1-3H3,(H,17,18). The van der Waals surface area contributed by atoms with E-state index in [4.69, 9.17) is 0 Å². The van der Waals surface area contributed by atoms with E-state index in [1.54, 1.807) is 0 Å². The maximum atomic E-state index is 12.2. The lowest BCUT2D eigenvalue weighted by Crippen LogP contribution is -2.13. The second-order valence-electron chi connectivity index (χ2n) is 5.00. The second kappa shape index (κ2) is 5.69. The molecule has 0 saturated carbocycles. The van der Waals surface area contributed by atoms with Crippen LogP contribution in [0.2, 0.25) is 0 Å². The summed E-state index contributed by atoms with van der Waals surface area (Å²) < 4.78 is 22.8. The Balaban J connectivity index is 2.23. The molecule has 1 amide bonds. The maximum absolute atomic E-state index is 12.2. The third-order valence-electron chi connectivity index (χ3n) is 3.40. The van der Waals surface area contributed by atoms with Crippen molar-refractivity contribution < 1.29 is 13.2 Å². The van der Waals surface area contributed by atoms with Gasteiger partial charge in [0.05, 0.1) is 4.90 Å². The minimum Gasteiger partial charge on any atom is -0.322 e. The van der Waals surface area contributed by atoms with Crippen LogP contribution in [-0.4, -0.2) is 20.6 Å². The van der Waals surface area contributed by atoms with E-state index in [2.05, 4.69) is 5.32 Å². The van der Waals surface area contributed by atoms with Gasteiger partial charge in [0.25, 0.3) is 5.91 Å². The summed E-state index contributed by atoms with van der Waals surface area (Å²) in [5.74, 6) is -0.260. The normalized spacial score (nSPS) is 11.2. The molecule has 0 aliphatic heterocycles. The first-order valence-electron chi connectivity index (χ1n) is 6.47. The van der Waals surface area contributed by atoms with E-state index < -0.39 is 9.84 Å². The van der Waals surface area contributed by atoms with Crippen molar-refractivity contribution in [3.8, 4) is 0 Å². The van der Waals surface area contributed by atoms with Gasteiger partial charge in [0.1, 0.15) is 0 Å². The minimum atomic E-state index is -3.25. The lowest BCUT2D eigenvalue weighted by molar-refractivity contribution is 0.102. The van der Waals surface area contributed by atoms with Gasteiger partial charge in [-0.15, -0.1) is 0 Å². The van der Waals surface area contributed by atoms with Crippen LogP contribution < -0.4 is 5.32 Å². The van der Waals surface area contributed by atoms with Gasteiger partial charge in [-0.25, -0.2) is 8.42 Å². The number of hydrogen-bond acceptors (Lipinski definition) is 3. The average Bonchev–Trinajstić information content (AvgIpc) is 2.43. The van der Waals surface area contributed by atoms with Crippen molar-refractivity contribution >= 4 is 21.4 Å². The van der Waals surface area contributed by atoms with Crippen molar-refractivity contribution in [3.05, 3.63) is 59.2 Å². The van der Waals surface area contributed by atoms with Crippen molar-refractivity contribution in [2.24, 2.45) is 0 Å². The summed E-state index contributed by atoms with van der Waals surface area (Å²) in [6, 6.07) is 11.6. The highest BCUT2D eigenvalue weighted by atomic mass is 32.2. The summed E-state index contributed by atoms with van der Waals surface area (Å²) in [5.41, 5.74) is 3.29. The smallest absolute Gasteiger partial charge is 0.255 e. The lowest BCUT2D eigenvalue weighted by atomic mass is 10.1. The quantitative estimate of drug-likeness (QED) is 0.948. The third-order valence-corrected chi connectivity index (χ3v) is 4.53. The monoisotopic (exact) mass is 303 g/mol. The van der Waals surface area contributed by atoms with Gasteiger partial charge in [0, 0.05) is 17.5 Å². The van der Waals surface area contributed by atoms with Crippen LogP contribution in [0.5, 0.6) is 0 Å². The zero-order chi connectivity index (χ0) is 15.6. The number of rotatable bonds is 3. The minimum absolute atomic E-state index is 0.200. The molecular weight excluding hydrogens is 286 g/mol. The lowest BCUT2D eigenvalue weighted by Gasteiger charge is -2.10. The SMILES string of the molecule is Cc1cccc(NC(=O)c2ccc(S(C)(=O)=O)cc2)c1C. The number of benzene rings is 2. The molecule has 110 valence electrons. The van der Waals surface area contributed by atoms with E-state index in [1.807, 2.05) is 32.0 Å². The average molecular weight is 303 g/mol. The molecule has 0 unspecified atom stereocenters. The molecule has 0 bridgehead atoms. The summed E-state index contributed by atoms with van der Waals surface area (Å²) in [6.07, 6.45) is 1.14. The van der Waals surface area contributed by atoms with Crippen LogP contribution in [0.4, 0.5) is 5.69 Å². The molecule has 0 heterocycles. The third kappa shape index (κ3) is 3.49. The molecule has 5 heteroatoms. The molecule has 2 rings (SSSR count). The van der Waals surface area contributed by atoms with Gasteiger partial charge in [-0.2, -0.15) is 0 Å². The summed E-state index contributed by atoms with van der Waals surface area (Å²) in [4.78, 5) is 12.4. The van der Waals surface area contributed by atoms with E-state index in [9.17, 15) is 13.2 Å². The van der Waals surface area contributed by atoms with Crippen LogP contribution in [-0.2, 0) is 9.84 Å². The Morgan fingerprint density at radius 2 is 1.62 bits per heavy atom. The molecule has 0 aromatic heterocycles. The Morgan fingerprint density at radius 3 is 2.19 bits per heavy atom. The Bertz CT molecular complexity index is 778. The molecule has 0 fully saturated rings. The van der Waals surface area contributed by atoms with Crippen LogP contribution >= 0.6 is 0 Å². The molecule has 0 aliphatic carbocycles. The predicted octanol–water partition coefficient (Wildman–Crippen LogP) is 2.96. The maximum Gasteiger partial charge on any atom is 0.255 e. The summed E-state index contributed by atoms with van der Waals surface area (Å²) in [6.45, 7) is 3.92. The highest BCUT2D eigenvalue weighted by molar-refractivity contribution is 7.90. The molecule has 4 nitrogen and oxygen atoms in total. The van der Waals surface area contributed by atoms with Gasteiger partial charge in [0.15, 0.2) is 9.84 Å². The summed E-state index contributed by atoms with van der Waals surface area (Å²) in [5, 5.41) is 2.84.